The number of hydrogen-bond donors (Lipinski definition) is 0. The molecule has 0 unspecified atom stereocenters. The Labute approximate surface area is 164 Å². The van der Waals surface area contributed by atoms with E-state index in [4.69, 9.17) is 4.42 Å². The van der Waals surface area contributed by atoms with Crippen molar-refractivity contribution in [2.45, 2.75) is 6.92 Å². The van der Waals surface area contributed by atoms with Crippen molar-refractivity contribution in [3.63, 3.8) is 0 Å². The highest BCUT2D eigenvalue weighted by Gasteiger charge is 2.40. The van der Waals surface area contributed by atoms with Crippen LogP contribution in [0.25, 0.3) is 28.3 Å². The SMILES string of the molecule is Cc1cc(B2c3oc4ncccc4c3C=CN2C)[n+](C)cc1-c1ccccc1. The highest BCUT2D eigenvalue weighted by molar-refractivity contribution is 6.82. The van der Waals surface area contributed by atoms with Gasteiger partial charge in [0.25, 0.3) is 0 Å². The minimum absolute atomic E-state index is 0.00252. The van der Waals surface area contributed by atoms with Crippen LogP contribution in [0.3, 0.4) is 0 Å². The lowest BCUT2D eigenvalue weighted by atomic mass is 9.52. The molecule has 1 aliphatic rings. The highest BCUT2D eigenvalue weighted by Crippen LogP contribution is 2.24. The fourth-order valence-corrected chi connectivity index (χ4v) is 4.11. The van der Waals surface area contributed by atoms with Gasteiger partial charge in [0.2, 0.25) is 5.71 Å². The van der Waals surface area contributed by atoms with Crippen molar-refractivity contribution in [1.29, 1.82) is 0 Å². The van der Waals surface area contributed by atoms with E-state index in [0.29, 0.717) is 5.71 Å². The van der Waals surface area contributed by atoms with Crippen LogP contribution < -0.4 is 15.8 Å². The van der Waals surface area contributed by atoms with Gasteiger partial charge in [0, 0.05) is 28.8 Å². The molecule has 0 saturated heterocycles. The number of pyridine rings is 2. The molecule has 4 heterocycles. The summed E-state index contributed by atoms with van der Waals surface area (Å²) in [5.74, 6) is 0. The first kappa shape index (κ1) is 16.8. The van der Waals surface area contributed by atoms with Gasteiger partial charge in [-0.2, -0.15) is 0 Å². The molecule has 136 valence electrons. The predicted molar refractivity (Wildman–Crippen MR) is 114 cm³/mol. The summed E-state index contributed by atoms with van der Waals surface area (Å²) in [5, 5.41) is 1.06. The van der Waals surface area contributed by atoms with Gasteiger partial charge in [0.05, 0.1) is 0 Å². The third-order valence-electron chi connectivity index (χ3n) is 5.55. The summed E-state index contributed by atoms with van der Waals surface area (Å²) in [6, 6.07) is 16.8. The number of rotatable bonds is 2. The predicted octanol–water partition coefficient (Wildman–Crippen LogP) is 2.65. The van der Waals surface area contributed by atoms with Gasteiger partial charge in [0.1, 0.15) is 12.7 Å². The van der Waals surface area contributed by atoms with Gasteiger partial charge in [-0.3, -0.25) is 0 Å². The number of aryl methyl sites for hydroxylation is 2. The van der Waals surface area contributed by atoms with Crippen molar-refractivity contribution in [3.8, 4) is 11.1 Å². The second-order valence-corrected chi connectivity index (χ2v) is 7.39. The van der Waals surface area contributed by atoms with Crippen molar-refractivity contribution in [3.05, 3.63) is 78.3 Å². The van der Waals surface area contributed by atoms with Crippen molar-refractivity contribution in [1.82, 2.24) is 9.79 Å². The Bertz CT molecular complexity index is 1210. The molecule has 0 N–H and O–H groups in total. The molecule has 0 saturated carbocycles. The normalized spacial score (nSPS) is 13.2. The second kappa shape index (κ2) is 6.38. The smallest absolute Gasteiger partial charge is 0.443 e. The molecule has 0 spiro atoms. The van der Waals surface area contributed by atoms with E-state index in [2.05, 4.69) is 90.3 Å². The molecular formula is C23H21BN3O+. The standard InChI is InChI=1S/C23H21BN3O/c1-16-14-21(26(2)15-20(16)17-8-5-4-6-9-17)24-22-18(11-13-27(24)3)19-10-7-12-25-23(19)28-22/h4-15H,1-3H3/q+1. The Morgan fingerprint density at radius 3 is 2.75 bits per heavy atom. The van der Waals surface area contributed by atoms with Crippen LogP contribution in [0.1, 0.15) is 11.1 Å². The molecule has 1 aromatic carbocycles. The summed E-state index contributed by atoms with van der Waals surface area (Å²) >= 11 is 0. The Kier molecular flexibility index (Phi) is 3.83. The second-order valence-electron chi connectivity index (χ2n) is 7.39. The van der Waals surface area contributed by atoms with E-state index in [1.54, 1.807) is 6.20 Å². The lowest BCUT2D eigenvalue weighted by Gasteiger charge is -2.24. The summed E-state index contributed by atoms with van der Waals surface area (Å²) < 4.78 is 8.43. The molecule has 5 heteroatoms. The number of benzene rings is 1. The van der Waals surface area contributed by atoms with Gasteiger partial charge in [-0.05, 0) is 49.5 Å². The van der Waals surface area contributed by atoms with Gasteiger partial charge < -0.3 is 9.23 Å². The van der Waals surface area contributed by atoms with Crippen LogP contribution in [-0.4, -0.2) is 23.7 Å². The molecule has 1 aliphatic heterocycles. The largest absolute Gasteiger partial charge is 0.449 e. The van der Waals surface area contributed by atoms with Crippen molar-refractivity contribution in [2.24, 2.45) is 7.05 Å². The van der Waals surface area contributed by atoms with Crippen molar-refractivity contribution < 1.29 is 8.98 Å². The maximum atomic E-state index is 6.22. The zero-order valence-electron chi connectivity index (χ0n) is 16.3. The summed E-state index contributed by atoms with van der Waals surface area (Å²) in [6.45, 7) is 2.17. The third-order valence-corrected chi connectivity index (χ3v) is 5.55. The van der Waals surface area contributed by atoms with Crippen LogP contribution in [0.4, 0.5) is 0 Å². The number of aromatic nitrogens is 2. The molecule has 0 radical (unpaired) electrons. The zero-order chi connectivity index (χ0) is 19.3. The van der Waals surface area contributed by atoms with Crippen LogP contribution in [0, 0.1) is 6.92 Å². The average molecular weight is 366 g/mol. The summed E-state index contributed by atoms with van der Waals surface area (Å²) in [4.78, 5) is 6.60. The fourth-order valence-electron chi connectivity index (χ4n) is 4.11. The number of nitrogens with zero attached hydrogens (tertiary/aromatic N) is 3. The molecule has 3 aromatic heterocycles. The first-order chi connectivity index (χ1) is 13.6. The Morgan fingerprint density at radius 2 is 1.93 bits per heavy atom. The molecule has 0 amide bonds. The topological polar surface area (TPSA) is 33.2 Å². The summed E-state index contributed by atoms with van der Waals surface area (Å²) in [6.07, 6.45) is 8.23. The van der Waals surface area contributed by atoms with Gasteiger partial charge in [-0.25, -0.2) is 9.55 Å². The average Bonchev–Trinajstić information content (AvgIpc) is 3.09. The van der Waals surface area contributed by atoms with E-state index in [-0.39, 0.29) is 6.85 Å². The maximum absolute atomic E-state index is 6.22. The zero-order valence-corrected chi connectivity index (χ0v) is 16.3. The monoisotopic (exact) mass is 366 g/mol. The minimum atomic E-state index is 0.00252. The van der Waals surface area contributed by atoms with Crippen LogP contribution >= 0.6 is 0 Å². The molecule has 4 aromatic rings. The van der Waals surface area contributed by atoms with Crippen LogP contribution in [0.2, 0.25) is 0 Å². The lowest BCUT2D eigenvalue weighted by Crippen LogP contribution is -2.65. The molecule has 0 bridgehead atoms. The van der Waals surface area contributed by atoms with Gasteiger partial charge in [-0.1, -0.05) is 30.3 Å². The molecule has 28 heavy (non-hydrogen) atoms. The number of fused-ring (bicyclic) bond motifs is 3. The van der Waals surface area contributed by atoms with Crippen LogP contribution in [-0.2, 0) is 7.05 Å². The summed E-state index contributed by atoms with van der Waals surface area (Å²) in [7, 11) is 4.19. The number of furan rings is 1. The minimum Gasteiger partial charge on any atom is -0.449 e. The molecule has 5 rings (SSSR count). The van der Waals surface area contributed by atoms with E-state index in [1.807, 2.05) is 12.1 Å². The van der Waals surface area contributed by atoms with Gasteiger partial charge in [0.15, 0.2) is 11.8 Å². The van der Waals surface area contributed by atoms with Gasteiger partial charge in [-0.15, -0.1) is 0 Å². The van der Waals surface area contributed by atoms with E-state index < -0.39 is 0 Å². The first-order valence-electron chi connectivity index (χ1n) is 9.46. The van der Waals surface area contributed by atoms with E-state index in [0.717, 1.165) is 16.6 Å². The molecule has 4 nitrogen and oxygen atoms in total. The number of hydrogen-bond acceptors (Lipinski definition) is 3. The van der Waals surface area contributed by atoms with Gasteiger partial charge >= 0.3 is 6.85 Å². The summed E-state index contributed by atoms with van der Waals surface area (Å²) in [5.41, 5.74) is 7.66. The molecular weight excluding hydrogens is 345 g/mol. The Hall–Kier alpha value is -3.34. The Balaban J connectivity index is 1.68. The van der Waals surface area contributed by atoms with Crippen molar-refractivity contribution in [2.75, 3.05) is 7.05 Å². The van der Waals surface area contributed by atoms with E-state index >= 15 is 0 Å². The van der Waals surface area contributed by atoms with E-state index in [9.17, 15) is 0 Å². The lowest BCUT2D eigenvalue weighted by molar-refractivity contribution is -0.653. The van der Waals surface area contributed by atoms with Crippen molar-refractivity contribution >= 4 is 35.3 Å². The van der Waals surface area contributed by atoms with Crippen LogP contribution in [0.15, 0.2) is 71.5 Å². The maximum Gasteiger partial charge on any atom is 0.443 e. The Morgan fingerprint density at radius 1 is 1.11 bits per heavy atom. The van der Waals surface area contributed by atoms with Crippen LogP contribution in [0.5, 0.6) is 0 Å². The third kappa shape index (κ3) is 2.54. The molecule has 0 fully saturated rings. The highest BCUT2D eigenvalue weighted by atomic mass is 16.3. The quantitative estimate of drug-likeness (QED) is 0.404. The fraction of sp³-hybridized carbons (Fsp3) is 0.130. The van der Waals surface area contributed by atoms with E-state index in [1.165, 1.54) is 22.3 Å². The molecule has 0 aliphatic carbocycles. The molecule has 0 atom stereocenters. The first-order valence-corrected chi connectivity index (χ1v) is 9.46.